The summed E-state index contributed by atoms with van der Waals surface area (Å²) in [6.45, 7) is 1.17. The number of hydrogen-bond donors (Lipinski definition) is 1. The fourth-order valence-corrected chi connectivity index (χ4v) is 3.77. The number of nitrogens with zero attached hydrogens (tertiary/aromatic N) is 2. The van der Waals surface area contributed by atoms with Gasteiger partial charge in [0.1, 0.15) is 5.54 Å². The molecule has 0 amide bonds. The standard InChI is InChI=1S/C17H23N3/c1-19-17(13-18)10-8-15(9-11-17)20-12-4-6-14-5-2-3-7-16(14)20/h2-3,5,7,15,19H,4,6,8-12H2,1H3. The molecule has 0 radical (unpaired) electrons. The minimum Gasteiger partial charge on any atom is -0.368 e. The normalized spacial score (nSPS) is 29.6. The molecule has 1 fully saturated rings. The molecule has 0 aromatic heterocycles. The molecule has 3 nitrogen and oxygen atoms in total. The number of nitriles is 1. The zero-order chi connectivity index (χ0) is 14.0. The molecule has 1 aromatic rings. The highest BCUT2D eigenvalue weighted by Gasteiger charge is 2.36. The van der Waals surface area contributed by atoms with Gasteiger partial charge < -0.3 is 10.2 Å². The number of para-hydroxylation sites is 1. The first-order valence-corrected chi connectivity index (χ1v) is 7.73. The second-order valence-electron chi connectivity index (χ2n) is 6.10. The maximum atomic E-state index is 9.37. The maximum absolute atomic E-state index is 9.37. The van der Waals surface area contributed by atoms with Crippen molar-refractivity contribution in [2.45, 2.75) is 50.1 Å². The number of hydrogen-bond acceptors (Lipinski definition) is 3. The Morgan fingerprint density at radius 3 is 2.75 bits per heavy atom. The molecule has 0 unspecified atom stereocenters. The van der Waals surface area contributed by atoms with Gasteiger partial charge in [0.25, 0.3) is 0 Å². The van der Waals surface area contributed by atoms with E-state index in [1.807, 2.05) is 7.05 Å². The van der Waals surface area contributed by atoms with Crippen molar-refractivity contribution in [2.75, 3.05) is 18.5 Å². The fourth-order valence-electron chi connectivity index (χ4n) is 3.77. The summed E-state index contributed by atoms with van der Waals surface area (Å²) in [5.74, 6) is 0. The van der Waals surface area contributed by atoms with Gasteiger partial charge in [-0.05, 0) is 57.2 Å². The molecule has 106 valence electrons. The molecule has 0 atom stereocenters. The Kier molecular flexibility index (Phi) is 3.67. The van der Waals surface area contributed by atoms with Crippen molar-refractivity contribution < 1.29 is 0 Å². The smallest absolute Gasteiger partial charge is 0.106 e. The van der Waals surface area contributed by atoms with Gasteiger partial charge >= 0.3 is 0 Å². The maximum Gasteiger partial charge on any atom is 0.106 e. The summed E-state index contributed by atoms with van der Waals surface area (Å²) in [5.41, 5.74) is 2.63. The number of benzene rings is 1. The van der Waals surface area contributed by atoms with Crippen LogP contribution in [0, 0.1) is 11.3 Å². The van der Waals surface area contributed by atoms with Crippen LogP contribution in [-0.2, 0) is 6.42 Å². The highest BCUT2D eigenvalue weighted by Crippen LogP contribution is 2.36. The van der Waals surface area contributed by atoms with Crippen molar-refractivity contribution in [1.29, 1.82) is 5.26 Å². The molecule has 3 heteroatoms. The Labute approximate surface area is 121 Å². The molecule has 0 bridgehead atoms. The predicted octanol–water partition coefficient (Wildman–Crippen LogP) is 2.86. The van der Waals surface area contributed by atoms with E-state index in [2.05, 4.69) is 40.6 Å². The van der Waals surface area contributed by atoms with Crippen molar-refractivity contribution in [3.05, 3.63) is 29.8 Å². The van der Waals surface area contributed by atoms with Crippen molar-refractivity contribution in [2.24, 2.45) is 0 Å². The van der Waals surface area contributed by atoms with Gasteiger partial charge in [-0.15, -0.1) is 0 Å². The summed E-state index contributed by atoms with van der Waals surface area (Å²) in [5, 5.41) is 12.6. The summed E-state index contributed by atoms with van der Waals surface area (Å²) < 4.78 is 0. The van der Waals surface area contributed by atoms with Crippen LogP contribution in [0.2, 0.25) is 0 Å². The molecule has 0 saturated heterocycles. The van der Waals surface area contributed by atoms with E-state index in [1.165, 1.54) is 30.6 Å². The molecule has 0 spiro atoms. The monoisotopic (exact) mass is 269 g/mol. The van der Waals surface area contributed by atoms with Crippen molar-refractivity contribution in [1.82, 2.24) is 5.32 Å². The third-order valence-electron chi connectivity index (χ3n) is 5.09. The van der Waals surface area contributed by atoms with Crippen LogP contribution in [0.25, 0.3) is 0 Å². The van der Waals surface area contributed by atoms with E-state index in [9.17, 15) is 5.26 Å². The summed E-state index contributed by atoms with van der Waals surface area (Å²) in [4.78, 5) is 2.59. The predicted molar refractivity (Wildman–Crippen MR) is 81.8 cm³/mol. The van der Waals surface area contributed by atoms with Crippen molar-refractivity contribution in [3.8, 4) is 6.07 Å². The number of fused-ring (bicyclic) bond motifs is 1. The first-order chi connectivity index (χ1) is 9.78. The molecular formula is C17H23N3. The van der Waals surface area contributed by atoms with Gasteiger partial charge in [0.15, 0.2) is 0 Å². The minimum atomic E-state index is -0.286. The van der Waals surface area contributed by atoms with Crippen molar-refractivity contribution >= 4 is 5.69 Å². The third kappa shape index (κ3) is 2.29. The van der Waals surface area contributed by atoms with Gasteiger partial charge in [-0.2, -0.15) is 5.26 Å². The highest BCUT2D eigenvalue weighted by atomic mass is 15.2. The number of aryl methyl sites for hydroxylation is 1. The Morgan fingerprint density at radius 2 is 2.05 bits per heavy atom. The lowest BCUT2D eigenvalue weighted by molar-refractivity contribution is 0.281. The lowest BCUT2D eigenvalue weighted by Crippen LogP contribution is -2.50. The lowest BCUT2D eigenvalue weighted by atomic mass is 9.79. The molecule has 1 saturated carbocycles. The van der Waals surface area contributed by atoms with E-state index >= 15 is 0 Å². The quantitative estimate of drug-likeness (QED) is 0.897. The van der Waals surface area contributed by atoms with Gasteiger partial charge in [-0.3, -0.25) is 0 Å². The van der Waals surface area contributed by atoms with Crippen LogP contribution in [0.15, 0.2) is 24.3 Å². The Morgan fingerprint density at radius 1 is 1.30 bits per heavy atom. The molecule has 3 rings (SSSR count). The van der Waals surface area contributed by atoms with Crippen molar-refractivity contribution in [3.63, 3.8) is 0 Å². The number of anilines is 1. The molecule has 1 aliphatic heterocycles. The first-order valence-electron chi connectivity index (χ1n) is 7.73. The van der Waals surface area contributed by atoms with E-state index in [4.69, 9.17) is 0 Å². The highest BCUT2D eigenvalue weighted by molar-refractivity contribution is 5.56. The fraction of sp³-hybridized carbons (Fsp3) is 0.588. The van der Waals surface area contributed by atoms with Crippen LogP contribution >= 0.6 is 0 Å². The van der Waals surface area contributed by atoms with Gasteiger partial charge in [0.05, 0.1) is 6.07 Å². The average molecular weight is 269 g/mol. The van der Waals surface area contributed by atoms with E-state index in [0.717, 1.165) is 25.7 Å². The van der Waals surface area contributed by atoms with E-state index < -0.39 is 0 Å². The van der Waals surface area contributed by atoms with Crippen LogP contribution in [0.1, 0.15) is 37.7 Å². The second-order valence-corrected chi connectivity index (χ2v) is 6.10. The molecule has 1 aliphatic carbocycles. The van der Waals surface area contributed by atoms with E-state index in [0.29, 0.717) is 6.04 Å². The van der Waals surface area contributed by atoms with Gasteiger partial charge in [-0.25, -0.2) is 0 Å². The molecule has 1 aromatic carbocycles. The zero-order valence-corrected chi connectivity index (χ0v) is 12.2. The SMILES string of the molecule is CNC1(C#N)CCC(N2CCCc3ccccc32)CC1. The summed E-state index contributed by atoms with van der Waals surface area (Å²) in [7, 11) is 1.92. The second kappa shape index (κ2) is 5.46. The van der Waals surface area contributed by atoms with Gasteiger partial charge in [0.2, 0.25) is 0 Å². The summed E-state index contributed by atoms with van der Waals surface area (Å²) >= 11 is 0. The Bertz CT molecular complexity index is 509. The molecule has 1 N–H and O–H groups in total. The third-order valence-corrected chi connectivity index (χ3v) is 5.09. The molecule has 20 heavy (non-hydrogen) atoms. The van der Waals surface area contributed by atoms with Crippen LogP contribution in [0.5, 0.6) is 0 Å². The first kappa shape index (κ1) is 13.5. The Hall–Kier alpha value is -1.53. The molecule has 2 aliphatic rings. The van der Waals surface area contributed by atoms with Gasteiger partial charge in [0, 0.05) is 18.3 Å². The number of rotatable bonds is 2. The number of nitrogens with one attached hydrogen (secondary N) is 1. The van der Waals surface area contributed by atoms with E-state index in [1.54, 1.807) is 0 Å². The Balaban J connectivity index is 1.75. The summed E-state index contributed by atoms with van der Waals surface area (Å²) in [6, 6.07) is 11.9. The van der Waals surface area contributed by atoms with Gasteiger partial charge in [-0.1, -0.05) is 18.2 Å². The van der Waals surface area contributed by atoms with Crippen LogP contribution in [0.4, 0.5) is 5.69 Å². The van der Waals surface area contributed by atoms with Crippen LogP contribution < -0.4 is 10.2 Å². The van der Waals surface area contributed by atoms with E-state index in [-0.39, 0.29) is 5.54 Å². The van der Waals surface area contributed by atoms with Crippen LogP contribution in [0.3, 0.4) is 0 Å². The average Bonchev–Trinajstić information content (AvgIpc) is 2.54. The minimum absolute atomic E-state index is 0.286. The van der Waals surface area contributed by atoms with Crippen LogP contribution in [-0.4, -0.2) is 25.2 Å². The molecular weight excluding hydrogens is 246 g/mol. The zero-order valence-electron chi connectivity index (χ0n) is 12.2. The largest absolute Gasteiger partial charge is 0.368 e. The molecule has 1 heterocycles. The topological polar surface area (TPSA) is 39.1 Å². The summed E-state index contributed by atoms with van der Waals surface area (Å²) in [6.07, 6.45) is 6.61. The lowest BCUT2D eigenvalue weighted by Gasteiger charge is -2.43.